The lowest BCUT2D eigenvalue weighted by Crippen LogP contribution is -2.18. The van der Waals surface area contributed by atoms with E-state index in [1.165, 1.54) is 18.2 Å². The fourth-order valence-corrected chi connectivity index (χ4v) is 2.72. The Bertz CT molecular complexity index is 1010. The van der Waals surface area contributed by atoms with Gasteiger partial charge in [0, 0.05) is 0 Å². The smallest absolute Gasteiger partial charge is 0.340 e. The van der Waals surface area contributed by atoms with Crippen LogP contribution in [0.4, 0.5) is 0 Å². The van der Waals surface area contributed by atoms with Gasteiger partial charge in [-0.2, -0.15) is 0 Å². The lowest BCUT2D eigenvalue weighted by atomic mass is 10.0. The van der Waals surface area contributed by atoms with Crippen molar-refractivity contribution < 1.29 is 29.0 Å². The van der Waals surface area contributed by atoms with E-state index in [-0.39, 0.29) is 29.9 Å². The summed E-state index contributed by atoms with van der Waals surface area (Å²) in [5.41, 5.74) is 0.704. The van der Waals surface area contributed by atoms with E-state index in [9.17, 15) is 19.5 Å². The van der Waals surface area contributed by atoms with Gasteiger partial charge in [0.2, 0.25) is 0 Å². The van der Waals surface area contributed by atoms with Gasteiger partial charge < -0.3 is 14.6 Å². The van der Waals surface area contributed by atoms with Crippen LogP contribution in [0.2, 0.25) is 0 Å². The van der Waals surface area contributed by atoms with Crippen LogP contribution in [-0.4, -0.2) is 23.0 Å². The number of carbonyl (C=O) groups is 3. The molecule has 0 spiro atoms. The number of carboxylic acids is 1. The second-order valence-electron chi connectivity index (χ2n) is 6.16. The Morgan fingerprint density at radius 1 is 0.621 bits per heavy atom. The molecule has 0 saturated carbocycles. The van der Waals surface area contributed by atoms with Crippen LogP contribution in [0, 0.1) is 0 Å². The number of carbonyl (C=O) groups excluding carboxylic acids is 2. The maximum Gasteiger partial charge on any atom is 0.340 e. The highest BCUT2D eigenvalue weighted by Gasteiger charge is 2.26. The van der Waals surface area contributed by atoms with Crippen LogP contribution in [0.25, 0.3) is 0 Å². The number of esters is 2. The molecule has 6 nitrogen and oxygen atoms in total. The maximum absolute atomic E-state index is 12.6. The Hall–Kier alpha value is -3.93. The number of benzene rings is 3. The van der Waals surface area contributed by atoms with Crippen LogP contribution in [0.5, 0.6) is 0 Å². The highest BCUT2D eigenvalue weighted by molar-refractivity contribution is 6.10. The minimum Gasteiger partial charge on any atom is -0.478 e. The van der Waals surface area contributed by atoms with E-state index in [1.807, 2.05) is 12.1 Å². The molecular weight excluding hydrogens is 372 g/mol. The van der Waals surface area contributed by atoms with Crippen molar-refractivity contribution in [2.45, 2.75) is 13.2 Å². The van der Waals surface area contributed by atoms with Crippen molar-refractivity contribution in [3.63, 3.8) is 0 Å². The van der Waals surface area contributed by atoms with Gasteiger partial charge in [0.05, 0.1) is 16.7 Å². The Morgan fingerprint density at radius 2 is 1.10 bits per heavy atom. The van der Waals surface area contributed by atoms with Crippen molar-refractivity contribution >= 4 is 17.9 Å². The lowest BCUT2D eigenvalue weighted by molar-refractivity contribution is 0.0421. The second kappa shape index (κ2) is 9.32. The van der Waals surface area contributed by atoms with E-state index in [2.05, 4.69) is 0 Å². The summed E-state index contributed by atoms with van der Waals surface area (Å²) in [4.78, 5) is 36.8. The number of aromatic carboxylic acids is 1. The van der Waals surface area contributed by atoms with Crippen molar-refractivity contribution in [1.29, 1.82) is 0 Å². The van der Waals surface area contributed by atoms with Gasteiger partial charge in [-0.1, -0.05) is 66.7 Å². The van der Waals surface area contributed by atoms with Gasteiger partial charge in [-0.15, -0.1) is 0 Å². The molecule has 3 aromatic carbocycles. The first kappa shape index (κ1) is 19.8. The average Bonchev–Trinajstić information content (AvgIpc) is 2.76. The van der Waals surface area contributed by atoms with E-state index in [0.717, 1.165) is 11.1 Å². The monoisotopic (exact) mass is 390 g/mol. The molecule has 1 N–H and O–H groups in total. The molecule has 0 aliphatic rings. The maximum atomic E-state index is 12.6. The third-order valence-electron chi connectivity index (χ3n) is 4.14. The van der Waals surface area contributed by atoms with Crippen molar-refractivity contribution in [3.8, 4) is 0 Å². The summed E-state index contributed by atoms with van der Waals surface area (Å²) >= 11 is 0. The first-order chi connectivity index (χ1) is 14.1. The molecule has 0 radical (unpaired) electrons. The molecule has 0 bridgehead atoms. The van der Waals surface area contributed by atoms with Crippen molar-refractivity contribution in [2.24, 2.45) is 0 Å². The number of carboxylic acid groups (broad SMARTS) is 1. The van der Waals surface area contributed by atoms with Crippen LogP contribution < -0.4 is 0 Å². The van der Waals surface area contributed by atoms with Crippen LogP contribution in [0.3, 0.4) is 0 Å². The van der Waals surface area contributed by atoms with Crippen LogP contribution in [0.15, 0.2) is 78.9 Å². The fraction of sp³-hybridized carbons (Fsp3) is 0.0870. The summed E-state index contributed by atoms with van der Waals surface area (Å²) in [6.45, 7) is -0.0540. The molecule has 0 unspecified atom stereocenters. The Balaban J connectivity index is 1.83. The van der Waals surface area contributed by atoms with Gasteiger partial charge in [0.15, 0.2) is 0 Å². The molecule has 0 heterocycles. The van der Waals surface area contributed by atoms with Crippen molar-refractivity contribution in [3.05, 3.63) is 107 Å². The van der Waals surface area contributed by atoms with E-state index >= 15 is 0 Å². The molecule has 3 rings (SSSR count). The van der Waals surface area contributed by atoms with E-state index in [4.69, 9.17) is 9.47 Å². The van der Waals surface area contributed by atoms with E-state index in [1.54, 1.807) is 48.5 Å². The molecule has 0 fully saturated rings. The standard InChI is InChI=1S/C23H18O6/c24-21(25)18-12-7-13-19(22(26)28-14-16-8-3-1-4-9-16)20(18)23(27)29-15-17-10-5-2-6-11-17/h1-13H,14-15H2,(H,24,25). The summed E-state index contributed by atoms with van der Waals surface area (Å²) in [7, 11) is 0. The SMILES string of the molecule is O=C(O)c1cccc(C(=O)OCc2ccccc2)c1C(=O)OCc1ccccc1. The molecule has 0 aromatic heterocycles. The normalized spacial score (nSPS) is 10.2. The summed E-state index contributed by atoms with van der Waals surface area (Å²) in [6, 6.07) is 21.9. The van der Waals surface area contributed by atoms with Crippen molar-refractivity contribution in [2.75, 3.05) is 0 Å². The molecule has 146 valence electrons. The number of ether oxygens (including phenoxy) is 2. The first-order valence-electron chi connectivity index (χ1n) is 8.84. The Labute approximate surface area is 167 Å². The number of hydrogen-bond donors (Lipinski definition) is 1. The fourth-order valence-electron chi connectivity index (χ4n) is 2.72. The molecule has 29 heavy (non-hydrogen) atoms. The van der Waals surface area contributed by atoms with Gasteiger partial charge in [-0.3, -0.25) is 0 Å². The topological polar surface area (TPSA) is 89.9 Å². The molecular formula is C23H18O6. The second-order valence-corrected chi connectivity index (χ2v) is 6.16. The predicted octanol–water partition coefficient (Wildman–Crippen LogP) is 4.10. The summed E-state index contributed by atoms with van der Waals surface area (Å²) in [5, 5.41) is 9.45. The molecule has 6 heteroatoms. The molecule has 3 aromatic rings. The molecule has 0 saturated heterocycles. The van der Waals surface area contributed by atoms with Gasteiger partial charge in [0.25, 0.3) is 0 Å². The predicted molar refractivity (Wildman–Crippen MR) is 105 cm³/mol. The first-order valence-corrected chi connectivity index (χ1v) is 8.84. The zero-order valence-corrected chi connectivity index (χ0v) is 15.4. The quantitative estimate of drug-likeness (QED) is 0.611. The largest absolute Gasteiger partial charge is 0.478 e. The highest BCUT2D eigenvalue weighted by Crippen LogP contribution is 2.19. The van der Waals surface area contributed by atoms with Gasteiger partial charge >= 0.3 is 17.9 Å². The third kappa shape index (κ3) is 5.07. The Kier molecular flexibility index (Phi) is 6.37. The van der Waals surface area contributed by atoms with Crippen LogP contribution in [-0.2, 0) is 22.7 Å². The van der Waals surface area contributed by atoms with Gasteiger partial charge in [-0.25, -0.2) is 14.4 Å². The average molecular weight is 390 g/mol. The molecule has 0 amide bonds. The third-order valence-corrected chi connectivity index (χ3v) is 4.14. The van der Waals surface area contributed by atoms with Crippen LogP contribution >= 0.6 is 0 Å². The van der Waals surface area contributed by atoms with Gasteiger partial charge in [-0.05, 0) is 23.3 Å². The molecule has 0 atom stereocenters. The van der Waals surface area contributed by atoms with E-state index < -0.39 is 17.9 Å². The lowest BCUT2D eigenvalue weighted by Gasteiger charge is -2.12. The Morgan fingerprint density at radius 3 is 1.62 bits per heavy atom. The number of rotatable bonds is 7. The zero-order chi connectivity index (χ0) is 20.6. The summed E-state index contributed by atoms with van der Waals surface area (Å²) < 4.78 is 10.5. The molecule has 0 aliphatic heterocycles. The minimum absolute atomic E-state index is 0.00449. The van der Waals surface area contributed by atoms with E-state index in [0.29, 0.717) is 0 Å². The van der Waals surface area contributed by atoms with Crippen LogP contribution in [0.1, 0.15) is 42.2 Å². The zero-order valence-electron chi connectivity index (χ0n) is 15.4. The highest BCUT2D eigenvalue weighted by atomic mass is 16.5. The van der Waals surface area contributed by atoms with Crippen molar-refractivity contribution in [1.82, 2.24) is 0 Å². The van der Waals surface area contributed by atoms with Gasteiger partial charge in [0.1, 0.15) is 13.2 Å². The summed E-state index contributed by atoms with van der Waals surface area (Å²) in [5.74, 6) is -3.04. The minimum atomic E-state index is -1.34. The summed E-state index contributed by atoms with van der Waals surface area (Å²) in [6.07, 6.45) is 0. The number of hydrogen-bond acceptors (Lipinski definition) is 5. The molecule has 0 aliphatic carbocycles.